The number of nitrogens with one attached hydrogen (secondary N) is 2. The first-order chi connectivity index (χ1) is 9.72. The minimum atomic E-state index is 0.586. The summed E-state index contributed by atoms with van der Waals surface area (Å²) in [5, 5.41) is 6.84. The van der Waals surface area contributed by atoms with E-state index in [0.29, 0.717) is 11.8 Å². The van der Waals surface area contributed by atoms with Crippen molar-refractivity contribution in [2.45, 2.75) is 39.0 Å². The quantitative estimate of drug-likeness (QED) is 0.729. The first kappa shape index (κ1) is 15.4. The minimum absolute atomic E-state index is 0.586. The fourth-order valence-corrected chi connectivity index (χ4v) is 2.73. The SMILES string of the molecule is CCCNc1cc(NCC(C)CSC)nc(C2CC2)n1. The summed E-state index contributed by atoms with van der Waals surface area (Å²) >= 11 is 1.89. The highest BCUT2D eigenvalue weighted by molar-refractivity contribution is 7.98. The third-order valence-corrected chi connectivity index (χ3v) is 4.23. The average Bonchev–Trinajstić information content (AvgIpc) is 3.28. The molecule has 1 heterocycles. The molecular weight excluding hydrogens is 268 g/mol. The van der Waals surface area contributed by atoms with E-state index < -0.39 is 0 Å². The lowest BCUT2D eigenvalue weighted by Crippen LogP contribution is -2.15. The van der Waals surface area contributed by atoms with Gasteiger partial charge in [0.2, 0.25) is 0 Å². The molecule has 20 heavy (non-hydrogen) atoms. The van der Waals surface area contributed by atoms with Gasteiger partial charge in [0, 0.05) is 25.1 Å². The molecule has 1 unspecified atom stereocenters. The Morgan fingerprint density at radius 3 is 2.60 bits per heavy atom. The van der Waals surface area contributed by atoms with Crippen LogP contribution in [0.15, 0.2) is 6.07 Å². The average molecular weight is 294 g/mol. The Hall–Kier alpha value is -0.970. The zero-order chi connectivity index (χ0) is 14.4. The normalized spacial score (nSPS) is 15.9. The van der Waals surface area contributed by atoms with Crippen molar-refractivity contribution in [3.8, 4) is 0 Å². The van der Waals surface area contributed by atoms with Crippen LogP contribution in [-0.2, 0) is 0 Å². The van der Waals surface area contributed by atoms with Gasteiger partial charge < -0.3 is 10.6 Å². The van der Waals surface area contributed by atoms with E-state index in [0.717, 1.165) is 37.0 Å². The second-order valence-electron chi connectivity index (χ2n) is 5.64. The van der Waals surface area contributed by atoms with Crippen molar-refractivity contribution in [3.63, 3.8) is 0 Å². The van der Waals surface area contributed by atoms with Crippen LogP contribution in [-0.4, -0.2) is 35.1 Å². The molecule has 0 radical (unpaired) electrons. The predicted octanol–water partition coefficient (Wildman–Crippen LogP) is 3.59. The highest BCUT2D eigenvalue weighted by atomic mass is 32.2. The van der Waals surface area contributed by atoms with Crippen LogP contribution >= 0.6 is 11.8 Å². The standard InChI is InChI=1S/C15H26N4S/c1-4-7-16-13-8-14(17-9-11(2)10-20-3)19-15(18-13)12-5-6-12/h8,11-12H,4-7,9-10H2,1-3H3,(H2,16,17,18,19). The zero-order valence-corrected chi connectivity index (χ0v) is 13.6. The maximum atomic E-state index is 4.67. The molecule has 0 aliphatic heterocycles. The molecule has 2 N–H and O–H groups in total. The molecule has 1 aromatic heterocycles. The Balaban J connectivity index is 2.00. The zero-order valence-electron chi connectivity index (χ0n) is 12.8. The largest absolute Gasteiger partial charge is 0.370 e. The molecule has 5 heteroatoms. The van der Waals surface area contributed by atoms with Crippen molar-refractivity contribution in [1.29, 1.82) is 0 Å². The molecule has 2 rings (SSSR count). The summed E-state index contributed by atoms with van der Waals surface area (Å²) < 4.78 is 0. The van der Waals surface area contributed by atoms with Gasteiger partial charge in [0.1, 0.15) is 17.5 Å². The van der Waals surface area contributed by atoms with Crippen molar-refractivity contribution in [3.05, 3.63) is 11.9 Å². The Labute approximate surface area is 126 Å². The van der Waals surface area contributed by atoms with Gasteiger partial charge in [-0.1, -0.05) is 13.8 Å². The third kappa shape index (κ3) is 4.85. The fourth-order valence-electron chi connectivity index (χ4n) is 2.05. The number of thioether (sulfide) groups is 1. The van der Waals surface area contributed by atoms with E-state index >= 15 is 0 Å². The van der Waals surface area contributed by atoms with E-state index in [1.807, 2.05) is 17.8 Å². The van der Waals surface area contributed by atoms with E-state index in [1.165, 1.54) is 18.6 Å². The van der Waals surface area contributed by atoms with E-state index in [4.69, 9.17) is 0 Å². The second kappa shape index (κ2) is 7.72. The smallest absolute Gasteiger partial charge is 0.136 e. The first-order valence-corrected chi connectivity index (χ1v) is 8.98. The van der Waals surface area contributed by atoms with E-state index in [2.05, 4.69) is 40.7 Å². The van der Waals surface area contributed by atoms with E-state index in [-0.39, 0.29) is 0 Å². The summed E-state index contributed by atoms with van der Waals surface area (Å²) in [5.41, 5.74) is 0. The lowest BCUT2D eigenvalue weighted by atomic mass is 10.2. The molecular formula is C15H26N4S. The van der Waals surface area contributed by atoms with E-state index in [1.54, 1.807) is 0 Å². The summed E-state index contributed by atoms with van der Waals surface area (Å²) in [6.45, 7) is 6.36. The predicted molar refractivity (Wildman–Crippen MR) is 88.8 cm³/mol. The highest BCUT2D eigenvalue weighted by Gasteiger charge is 2.27. The van der Waals surface area contributed by atoms with Gasteiger partial charge in [-0.25, -0.2) is 9.97 Å². The van der Waals surface area contributed by atoms with Crippen LogP contribution in [0.4, 0.5) is 11.6 Å². The van der Waals surface area contributed by atoms with Crippen LogP contribution in [0, 0.1) is 5.92 Å². The van der Waals surface area contributed by atoms with Crippen molar-refractivity contribution >= 4 is 23.4 Å². The number of rotatable bonds is 9. The fraction of sp³-hybridized carbons (Fsp3) is 0.733. The van der Waals surface area contributed by atoms with E-state index in [9.17, 15) is 0 Å². The van der Waals surface area contributed by atoms with Gasteiger partial charge in [-0.3, -0.25) is 0 Å². The van der Waals surface area contributed by atoms with Gasteiger partial charge in [-0.05, 0) is 37.2 Å². The van der Waals surface area contributed by atoms with Crippen LogP contribution in [0.25, 0.3) is 0 Å². The Kier molecular flexibility index (Phi) is 5.95. The molecule has 1 saturated carbocycles. The molecule has 1 fully saturated rings. The Morgan fingerprint density at radius 1 is 1.30 bits per heavy atom. The highest BCUT2D eigenvalue weighted by Crippen LogP contribution is 2.38. The molecule has 0 amide bonds. The molecule has 1 aliphatic carbocycles. The Bertz CT molecular complexity index is 420. The monoisotopic (exact) mass is 294 g/mol. The van der Waals surface area contributed by atoms with Gasteiger partial charge in [0.25, 0.3) is 0 Å². The molecule has 0 saturated heterocycles. The van der Waals surface area contributed by atoms with Crippen LogP contribution in [0.1, 0.15) is 44.9 Å². The van der Waals surface area contributed by atoms with Crippen LogP contribution in [0.5, 0.6) is 0 Å². The van der Waals surface area contributed by atoms with Gasteiger partial charge in [-0.2, -0.15) is 11.8 Å². The summed E-state index contributed by atoms with van der Waals surface area (Å²) in [4.78, 5) is 9.30. The number of hydrogen-bond donors (Lipinski definition) is 2. The third-order valence-electron chi connectivity index (χ3n) is 3.32. The van der Waals surface area contributed by atoms with Gasteiger partial charge in [-0.15, -0.1) is 0 Å². The molecule has 4 nitrogen and oxygen atoms in total. The number of hydrogen-bond acceptors (Lipinski definition) is 5. The summed E-state index contributed by atoms with van der Waals surface area (Å²) in [6, 6.07) is 2.04. The number of aromatic nitrogens is 2. The lowest BCUT2D eigenvalue weighted by Gasteiger charge is -2.14. The first-order valence-electron chi connectivity index (χ1n) is 7.58. The second-order valence-corrected chi connectivity index (χ2v) is 6.55. The van der Waals surface area contributed by atoms with Crippen molar-refractivity contribution in [2.75, 3.05) is 35.7 Å². The maximum absolute atomic E-state index is 4.67. The van der Waals surface area contributed by atoms with Crippen molar-refractivity contribution < 1.29 is 0 Å². The van der Waals surface area contributed by atoms with Gasteiger partial charge >= 0.3 is 0 Å². The summed E-state index contributed by atoms with van der Waals surface area (Å²) in [6.07, 6.45) is 5.73. The topological polar surface area (TPSA) is 49.8 Å². The number of anilines is 2. The lowest BCUT2D eigenvalue weighted by molar-refractivity contribution is 0.698. The summed E-state index contributed by atoms with van der Waals surface area (Å²) in [5.74, 6) is 5.34. The summed E-state index contributed by atoms with van der Waals surface area (Å²) in [7, 11) is 0. The molecule has 0 bridgehead atoms. The number of nitrogens with zero attached hydrogens (tertiary/aromatic N) is 2. The minimum Gasteiger partial charge on any atom is -0.370 e. The molecule has 0 spiro atoms. The van der Waals surface area contributed by atoms with Crippen molar-refractivity contribution in [1.82, 2.24) is 9.97 Å². The molecule has 1 atom stereocenters. The van der Waals surface area contributed by atoms with Gasteiger partial charge in [0.15, 0.2) is 0 Å². The van der Waals surface area contributed by atoms with Crippen LogP contribution < -0.4 is 10.6 Å². The van der Waals surface area contributed by atoms with Crippen molar-refractivity contribution in [2.24, 2.45) is 5.92 Å². The van der Waals surface area contributed by atoms with Crippen LogP contribution in [0.3, 0.4) is 0 Å². The van der Waals surface area contributed by atoms with Crippen LogP contribution in [0.2, 0.25) is 0 Å². The molecule has 1 aliphatic rings. The maximum Gasteiger partial charge on any atom is 0.136 e. The van der Waals surface area contributed by atoms with Gasteiger partial charge in [0.05, 0.1) is 0 Å². The molecule has 0 aromatic carbocycles. The molecule has 112 valence electrons. The Morgan fingerprint density at radius 2 is 2.00 bits per heavy atom. The molecule has 1 aromatic rings.